The van der Waals surface area contributed by atoms with Crippen LogP contribution in [0.5, 0.6) is 0 Å². The van der Waals surface area contributed by atoms with Gasteiger partial charge in [-0.1, -0.05) is 11.6 Å². The van der Waals surface area contributed by atoms with Crippen LogP contribution in [0.1, 0.15) is 43.7 Å². The summed E-state index contributed by atoms with van der Waals surface area (Å²) in [7, 11) is 0. The number of nitrogens with zero attached hydrogens (tertiary/aromatic N) is 4. The molecule has 0 radical (unpaired) electrons. The third kappa shape index (κ3) is 6.53. The van der Waals surface area contributed by atoms with Crippen molar-refractivity contribution in [3.05, 3.63) is 57.0 Å². The first-order chi connectivity index (χ1) is 15.9. The number of amides is 2. The zero-order chi connectivity index (χ0) is 25.0. The summed E-state index contributed by atoms with van der Waals surface area (Å²) in [5, 5.41) is 4.69. The third-order valence-electron chi connectivity index (χ3n) is 4.02. The summed E-state index contributed by atoms with van der Waals surface area (Å²) < 4.78 is 52.8. The SMILES string of the molecule is CC(NC(=O)c1cc(N[S+](C)[O-])ncn1)c1ncc(C(=O)Nc2cc(C(F)(F)F)c(Cl)cn2)s1. The molecule has 0 aromatic carbocycles. The first kappa shape index (κ1) is 25.6. The van der Waals surface area contributed by atoms with E-state index in [0.717, 1.165) is 23.9 Å². The molecule has 3 aromatic rings. The molecule has 2 amide bonds. The van der Waals surface area contributed by atoms with Gasteiger partial charge >= 0.3 is 6.18 Å². The van der Waals surface area contributed by atoms with Crippen molar-refractivity contribution >= 4 is 57.7 Å². The Bertz CT molecular complexity index is 1210. The van der Waals surface area contributed by atoms with Crippen molar-refractivity contribution < 1.29 is 27.3 Å². The van der Waals surface area contributed by atoms with Crippen LogP contribution in [-0.2, 0) is 17.5 Å². The van der Waals surface area contributed by atoms with Crippen LogP contribution >= 0.6 is 22.9 Å². The molecule has 16 heteroatoms. The van der Waals surface area contributed by atoms with Crippen molar-refractivity contribution in [2.24, 2.45) is 0 Å². The first-order valence-corrected chi connectivity index (χ1v) is 11.9. The van der Waals surface area contributed by atoms with E-state index in [2.05, 4.69) is 35.3 Å². The predicted octanol–water partition coefficient (Wildman–Crippen LogP) is 3.45. The molecule has 0 aliphatic heterocycles. The maximum absolute atomic E-state index is 13.0. The summed E-state index contributed by atoms with van der Waals surface area (Å²) in [5.41, 5.74) is -1.12. The average Bonchev–Trinajstić information content (AvgIpc) is 3.24. The Morgan fingerprint density at radius 2 is 1.85 bits per heavy atom. The molecule has 0 saturated carbocycles. The summed E-state index contributed by atoms with van der Waals surface area (Å²) >= 11 is 5.07. The van der Waals surface area contributed by atoms with Crippen molar-refractivity contribution in [3.8, 4) is 0 Å². The van der Waals surface area contributed by atoms with Gasteiger partial charge in [0.25, 0.3) is 11.8 Å². The van der Waals surface area contributed by atoms with E-state index < -0.39 is 46.0 Å². The zero-order valence-corrected chi connectivity index (χ0v) is 19.7. The van der Waals surface area contributed by atoms with Gasteiger partial charge < -0.3 is 15.2 Å². The van der Waals surface area contributed by atoms with Gasteiger partial charge in [0.05, 0.1) is 34.2 Å². The summed E-state index contributed by atoms with van der Waals surface area (Å²) in [5.74, 6) is -1.43. The van der Waals surface area contributed by atoms with Gasteiger partial charge in [0.1, 0.15) is 34.0 Å². The topological polar surface area (TPSA) is 145 Å². The van der Waals surface area contributed by atoms with E-state index in [9.17, 15) is 27.3 Å². The number of alkyl halides is 3. The van der Waals surface area contributed by atoms with Crippen molar-refractivity contribution in [3.63, 3.8) is 0 Å². The highest BCUT2D eigenvalue weighted by molar-refractivity contribution is 7.92. The minimum atomic E-state index is -4.71. The highest BCUT2D eigenvalue weighted by Gasteiger charge is 2.34. The Balaban J connectivity index is 1.67. The molecule has 3 heterocycles. The average molecular weight is 534 g/mol. The van der Waals surface area contributed by atoms with Gasteiger partial charge in [-0.2, -0.15) is 17.9 Å². The lowest BCUT2D eigenvalue weighted by atomic mass is 10.2. The monoisotopic (exact) mass is 533 g/mol. The summed E-state index contributed by atoms with van der Waals surface area (Å²) in [6, 6.07) is 1.32. The second-order valence-electron chi connectivity index (χ2n) is 6.60. The number of thiazole rings is 1. The minimum absolute atomic E-state index is 0.0126. The number of hydrogen-bond acceptors (Lipinski definition) is 9. The second kappa shape index (κ2) is 10.5. The Morgan fingerprint density at radius 3 is 2.53 bits per heavy atom. The quantitative estimate of drug-likeness (QED) is 0.392. The molecule has 34 heavy (non-hydrogen) atoms. The number of hydrogen-bond donors (Lipinski definition) is 3. The van der Waals surface area contributed by atoms with Gasteiger partial charge in [-0.3, -0.25) is 9.59 Å². The Morgan fingerprint density at radius 1 is 1.12 bits per heavy atom. The van der Waals surface area contributed by atoms with Crippen LogP contribution in [0.3, 0.4) is 0 Å². The van der Waals surface area contributed by atoms with Crippen LogP contribution in [0.4, 0.5) is 24.8 Å². The maximum Gasteiger partial charge on any atom is 0.418 e. The zero-order valence-electron chi connectivity index (χ0n) is 17.3. The lowest BCUT2D eigenvalue weighted by Gasteiger charge is -2.11. The highest BCUT2D eigenvalue weighted by Crippen LogP contribution is 2.35. The molecule has 3 rings (SSSR count). The Labute approximate surface area is 202 Å². The van der Waals surface area contributed by atoms with Crippen molar-refractivity contribution in [1.29, 1.82) is 0 Å². The summed E-state index contributed by atoms with van der Waals surface area (Å²) in [4.78, 5) is 40.5. The highest BCUT2D eigenvalue weighted by atomic mass is 35.5. The number of carbonyl (C=O) groups excluding carboxylic acids is 2. The van der Waals surface area contributed by atoms with Crippen molar-refractivity contribution in [2.75, 3.05) is 16.3 Å². The molecule has 0 bridgehead atoms. The van der Waals surface area contributed by atoms with E-state index in [0.29, 0.717) is 11.1 Å². The molecule has 3 aromatic heterocycles. The van der Waals surface area contributed by atoms with Crippen LogP contribution in [0.2, 0.25) is 5.02 Å². The molecule has 10 nitrogen and oxygen atoms in total. The fourth-order valence-corrected chi connectivity index (χ4v) is 3.94. The van der Waals surface area contributed by atoms with Gasteiger partial charge in [-0.25, -0.2) is 19.9 Å². The van der Waals surface area contributed by atoms with E-state index >= 15 is 0 Å². The van der Waals surface area contributed by atoms with Gasteiger partial charge in [0.2, 0.25) is 0 Å². The molecule has 0 fully saturated rings. The Kier molecular flexibility index (Phi) is 7.91. The lowest BCUT2D eigenvalue weighted by molar-refractivity contribution is -0.137. The van der Waals surface area contributed by atoms with Crippen LogP contribution in [0, 0.1) is 0 Å². The van der Waals surface area contributed by atoms with Gasteiger partial charge in [-0.05, 0) is 13.0 Å². The fourth-order valence-electron chi connectivity index (χ4n) is 2.51. The fraction of sp³-hybridized carbons (Fsp3) is 0.222. The van der Waals surface area contributed by atoms with E-state index in [-0.39, 0.29) is 22.2 Å². The largest absolute Gasteiger partial charge is 0.593 e. The molecule has 0 aliphatic carbocycles. The van der Waals surface area contributed by atoms with Gasteiger partial charge in [0.15, 0.2) is 5.82 Å². The van der Waals surface area contributed by atoms with Gasteiger partial charge in [0, 0.05) is 12.3 Å². The molecule has 2 unspecified atom stereocenters. The standard InChI is InChI=1S/C18H15ClF3N7O3S2/c1-8(27-15(30)11-4-14(26-7-25-11)29-34(2)32)17-24-6-12(33-17)16(31)28-13-3-9(18(20,21)22)10(19)5-23-13/h3-8H,1-2H3,(H,27,30)(H,23,28,31)(H,25,26,29). The van der Waals surface area contributed by atoms with Gasteiger partial charge in [-0.15, -0.1) is 11.3 Å². The number of anilines is 2. The minimum Gasteiger partial charge on any atom is -0.593 e. The summed E-state index contributed by atoms with van der Waals surface area (Å²) in [6.45, 7) is 1.62. The molecule has 3 N–H and O–H groups in total. The number of pyridine rings is 1. The molecular weight excluding hydrogens is 519 g/mol. The first-order valence-electron chi connectivity index (χ1n) is 9.17. The van der Waals surface area contributed by atoms with E-state index in [1.54, 1.807) is 6.92 Å². The number of rotatable bonds is 7. The van der Waals surface area contributed by atoms with Crippen molar-refractivity contribution in [2.45, 2.75) is 19.1 Å². The summed E-state index contributed by atoms with van der Waals surface area (Å²) in [6.07, 6.45) is -0.156. The molecule has 0 aliphatic rings. The lowest BCUT2D eigenvalue weighted by Crippen LogP contribution is -2.27. The molecule has 0 spiro atoms. The van der Waals surface area contributed by atoms with E-state index in [4.69, 9.17) is 11.6 Å². The van der Waals surface area contributed by atoms with E-state index in [1.165, 1.54) is 18.5 Å². The predicted molar refractivity (Wildman–Crippen MR) is 120 cm³/mol. The third-order valence-corrected chi connectivity index (χ3v) is 5.99. The van der Waals surface area contributed by atoms with Crippen LogP contribution in [0.25, 0.3) is 0 Å². The Hall–Kier alpha value is -3.01. The number of nitrogens with one attached hydrogen (secondary N) is 3. The van der Waals surface area contributed by atoms with E-state index in [1.807, 2.05) is 0 Å². The smallest absolute Gasteiger partial charge is 0.418 e. The van der Waals surface area contributed by atoms with Crippen molar-refractivity contribution in [1.82, 2.24) is 25.3 Å². The van der Waals surface area contributed by atoms with Crippen LogP contribution in [-0.4, -0.2) is 42.6 Å². The number of carbonyl (C=O) groups is 2. The maximum atomic E-state index is 13.0. The molecular formula is C18H15ClF3N7O3S2. The van der Waals surface area contributed by atoms with Crippen LogP contribution < -0.4 is 15.4 Å². The number of halogens is 4. The molecule has 2 atom stereocenters. The molecule has 0 saturated heterocycles. The second-order valence-corrected chi connectivity index (χ2v) is 9.19. The molecule has 180 valence electrons. The number of aromatic nitrogens is 4. The normalized spacial score (nSPS) is 13.1. The van der Waals surface area contributed by atoms with Crippen LogP contribution in [0.15, 0.2) is 30.9 Å².